The number of amides is 2. The molecule has 0 spiro atoms. The fourth-order valence-corrected chi connectivity index (χ4v) is 1.73. The third kappa shape index (κ3) is 7.38. The van der Waals surface area contributed by atoms with Crippen LogP contribution in [0.4, 0.5) is 0 Å². The summed E-state index contributed by atoms with van der Waals surface area (Å²) in [6, 6.07) is 6.80. The van der Waals surface area contributed by atoms with Crippen LogP contribution in [0, 0.1) is 0 Å². The van der Waals surface area contributed by atoms with E-state index in [1.165, 1.54) is 0 Å². The zero-order chi connectivity index (χ0) is 17.9. The molecular formula is C16H23N3O4S. The maximum atomic E-state index is 12.1. The Morgan fingerprint density at radius 2 is 2.00 bits per heavy atom. The molecule has 2 amide bonds. The van der Waals surface area contributed by atoms with Gasteiger partial charge in [-0.05, 0) is 50.7 Å². The lowest BCUT2D eigenvalue weighted by Crippen LogP contribution is -2.49. The van der Waals surface area contributed by atoms with Crippen LogP contribution >= 0.6 is 12.2 Å². The lowest BCUT2D eigenvalue weighted by atomic mass is 10.2. The first-order valence-corrected chi connectivity index (χ1v) is 8.11. The summed E-state index contributed by atoms with van der Waals surface area (Å²) in [7, 11) is 0. The van der Waals surface area contributed by atoms with Crippen molar-refractivity contribution in [1.82, 2.24) is 16.2 Å². The van der Waals surface area contributed by atoms with E-state index in [9.17, 15) is 9.59 Å². The number of benzene rings is 1. The van der Waals surface area contributed by atoms with Crippen molar-refractivity contribution in [3.8, 4) is 5.75 Å². The second-order valence-electron chi connectivity index (χ2n) is 4.96. The number of ether oxygens (including phenoxy) is 2. The van der Waals surface area contributed by atoms with E-state index in [0.717, 1.165) is 6.42 Å². The van der Waals surface area contributed by atoms with Crippen LogP contribution in [0.1, 0.15) is 37.6 Å². The van der Waals surface area contributed by atoms with Crippen LogP contribution in [-0.2, 0) is 9.53 Å². The highest BCUT2D eigenvalue weighted by molar-refractivity contribution is 7.80. The molecule has 1 aromatic rings. The second-order valence-corrected chi connectivity index (χ2v) is 5.37. The molecular weight excluding hydrogens is 330 g/mol. The van der Waals surface area contributed by atoms with Crippen LogP contribution in [0.5, 0.6) is 5.75 Å². The number of carbonyl (C=O) groups excluding carboxylic acids is 2. The summed E-state index contributed by atoms with van der Waals surface area (Å²) < 4.78 is 10.6. The van der Waals surface area contributed by atoms with E-state index in [2.05, 4.69) is 16.2 Å². The van der Waals surface area contributed by atoms with Gasteiger partial charge in [-0.3, -0.25) is 25.8 Å². The van der Waals surface area contributed by atoms with Crippen molar-refractivity contribution in [2.75, 3.05) is 13.2 Å². The molecule has 0 aliphatic rings. The van der Waals surface area contributed by atoms with Crippen LogP contribution in [0.2, 0.25) is 0 Å². The van der Waals surface area contributed by atoms with Gasteiger partial charge in [-0.15, -0.1) is 0 Å². The molecule has 1 unspecified atom stereocenters. The van der Waals surface area contributed by atoms with E-state index >= 15 is 0 Å². The maximum absolute atomic E-state index is 12.1. The number of hydrogen-bond acceptors (Lipinski definition) is 5. The van der Waals surface area contributed by atoms with Crippen molar-refractivity contribution < 1.29 is 19.1 Å². The minimum Gasteiger partial charge on any atom is -0.491 e. The maximum Gasteiger partial charge on any atom is 0.264 e. The summed E-state index contributed by atoms with van der Waals surface area (Å²) >= 11 is 4.95. The fraction of sp³-hybridized carbons (Fsp3) is 0.438. The van der Waals surface area contributed by atoms with Crippen LogP contribution in [0.25, 0.3) is 0 Å². The van der Waals surface area contributed by atoms with E-state index in [1.807, 2.05) is 13.8 Å². The van der Waals surface area contributed by atoms with E-state index in [-0.39, 0.29) is 17.8 Å². The molecule has 0 heterocycles. The number of thiocarbonyl (C=S) groups is 1. The predicted molar refractivity (Wildman–Crippen MR) is 94.7 cm³/mol. The first-order valence-electron chi connectivity index (χ1n) is 7.70. The van der Waals surface area contributed by atoms with Gasteiger partial charge in [0, 0.05) is 12.2 Å². The number of nitrogens with one attached hydrogen (secondary N) is 3. The van der Waals surface area contributed by atoms with Gasteiger partial charge in [-0.1, -0.05) is 13.0 Å². The monoisotopic (exact) mass is 353 g/mol. The average molecular weight is 353 g/mol. The Bertz CT molecular complexity index is 580. The molecule has 0 aromatic heterocycles. The van der Waals surface area contributed by atoms with Crippen LogP contribution in [0.3, 0.4) is 0 Å². The Kier molecular flexibility index (Phi) is 8.74. The van der Waals surface area contributed by atoms with Gasteiger partial charge in [-0.2, -0.15) is 0 Å². The molecule has 7 nitrogen and oxygen atoms in total. The molecule has 8 heteroatoms. The normalized spacial score (nSPS) is 11.3. The average Bonchev–Trinajstić information content (AvgIpc) is 2.58. The van der Waals surface area contributed by atoms with E-state index in [1.54, 1.807) is 31.2 Å². The quantitative estimate of drug-likeness (QED) is 0.509. The summed E-state index contributed by atoms with van der Waals surface area (Å²) in [6.07, 6.45) is 0.929. The predicted octanol–water partition coefficient (Wildman–Crippen LogP) is 1.54. The Morgan fingerprint density at radius 1 is 1.25 bits per heavy atom. The molecule has 1 aromatic carbocycles. The number of carbonyl (C=O) groups is 2. The van der Waals surface area contributed by atoms with Gasteiger partial charge in [0.25, 0.3) is 11.8 Å². The van der Waals surface area contributed by atoms with Crippen molar-refractivity contribution in [1.29, 1.82) is 0 Å². The van der Waals surface area contributed by atoms with Crippen molar-refractivity contribution >= 4 is 29.1 Å². The molecule has 3 N–H and O–H groups in total. The molecule has 24 heavy (non-hydrogen) atoms. The minimum absolute atomic E-state index is 0.0157. The molecule has 0 aliphatic carbocycles. The first kappa shape index (κ1) is 19.9. The summed E-state index contributed by atoms with van der Waals surface area (Å²) in [5.74, 6) is -0.181. The van der Waals surface area contributed by atoms with E-state index < -0.39 is 11.8 Å². The number of hydrogen-bond donors (Lipinski definition) is 3. The van der Waals surface area contributed by atoms with Gasteiger partial charge in [0.05, 0.1) is 6.10 Å². The molecule has 1 atom stereocenters. The topological polar surface area (TPSA) is 88.7 Å². The highest BCUT2D eigenvalue weighted by Crippen LogP contribution is 2.15. The van der Waals surface area contributed by atoms with E-state index in [0.29, 0.717) is 17.9 Å². The third-order valence-corrected chi connectivity index (χ3v) is 3.19. The molecule has 0 bridgehead atoms. The lowest BCUT2D eigenvalue weighted by Gasteiger charge is -2.14. The van der Waals surface area contributed by atoms with Crippen molar-refractivity contribution in [2.24, 2.45) is 0 Å². The molecule has 0 aliphatic heterocycles. The van der Waals surface area contributed by atoms with Crippen LogP contribution in [0.15, 0.2) is 24.3 Å². The van der Waals surface area contributed by atoms with Gasteiger partial charge < -0.3 is 9.47 Å². The molecule has 0 saturated carbocycles. The second kappa shape index (κ2) is 10.6. The molecule has 0 saturated heterocycles. The van der Waals surface area contributed by atoms with E-state index in [4.69, 9.17) is 21.7 Å². The van der Waals surface area contributed by atoms with Crippen molar-refractivity contribution in [3.05, 3.63) is 29.8 Å². The lowest BCUT2D eigenvalue weighted by molar-refractivity contribution is -0.126. The molecule has 1 rings (SSSR count). The van der Waals surface area contributed by atoms with Crippen LogP contribution in [-0.4, -0.2) is 36.2 Å². The van der Waals surface area contributed by atoms with Crippen molar-refractivity contribution in [3.63, 3.8) is 0 Å². The zero-order valence-electron chi connectivity index (χ0n) is 14.0. The molecule has 0 radical (unpaired) electrons. The summed E-state index contributed by atoms with van der Waals surface area (Å²) in [5.41, 5.74) is 5.16. The highest BCUT2D eigenvalue weighted by atomic mass is 32.1. The Morgan fingerprint density at radius 3 is 2.67 bits per heavy atom. The fourth-order valence-electron chi connectivity index (χ4n) is 1.59. The van der Waals surface area contributed by atoms with Crippen LogP contribution < -0.4 is 20.9 Å². The highest BCUT2D eigenvalue weighted by Gasteiger charge is 2.10. The first-order chi connectivity index (χ1) is 11.5. The zero-order valence-corrected chi connectivity index (χ0v) is 14.9. The van der Waals surface area contributed by atoms with Gasteiger partial charge in [0.15, 0.2) is 5.11 Å². The van der Waals surface area contributed by atoms with Gasteiger partial charge >= 0.3 is 0 Å². The summed E-state index contributed by atoms with van der Waals surface area (Å²) in [6.45, 7) is 6.10. The third-order valence-electron chi connectivity index (χ3n) is 2.99. The summed E-state index contributed by atoms with van der Waals surface area (Å²) in [5, 5.41) is 2.46. The van der Waals surface area contributed by atoms with Crippen molar-refractivity contribution in [2.45, 2.75) is 33.3 Å². The van der Waals surface area contributed by atoms with Gasteiger partial charge in [0.1, 0.15) is 12.4 Å². The molecule has 132 valence electrons. The Hall–Kier alpha value is -2.19. The summed E-state index contributed by atoms with van der Waals surface area (Å²) in [4.78, 5) is 23.5. The number of hydrazine groups is 1. The van der Waals surface area contributed by atoms with Gasteiger partial charge in [0.2, 0.25) is 0 Å². The van der Waals surface area contributed by atoms with Gasteiger partial charge in [-0.25, -0.2) is 0 Å². The standard InChI is InChI=1S/C16H23N3O4S/c1-4-11(3)23-13-8-6-7-12(9-13)15(21)17-16(24)19-18-14(20)10-22-5-2/h6-9,11H,4-5,10H2,1-3H3,(H,18,20)(H2,17,19,21,24). The minimum atomic E-state index is -0.402. The number of rotatable bonds is 7. The smallest absolute Gasteiger partial charge is 0.264 e. The SMILES string of the molecule is CCOCC(=O)NNC(=S)NC(=O)c1cccc(OC(C)CC)c1. The largest absolute Gasteiger partial charge is 0.491 e. The Balaban J connectivity index is 2.50. The molecule has 0 fully saturated rings. The Labute approximate surface area is 147 Å².